The van der Waals surface area contributed by atoms with Gasteiger partial charge in [-0.15, -0.1) is 0 Å². The van der Waals surface area contributed by atoms with E-state index in [4.69, 9.17) is 4.74 Å². The summed E-state index contributed by atoms with van der Waals surface area (Å²) in [7, 11) is 0. The molecule has 4 heteroatoms. The van der Waals surface area contributed by atoms with E-state index < -0.39 is 0 Å². The van der Waals surface area contributed by atoms with E-state index in [0.29, 0.717) is 6.10 Å². The van der Waals surface area contributed by atoms with Gasteiger partial charge >= 0.3 is 0 Å². The fourth-order valence-electron chi connectivity index (χ4n) is 2.53. The highest BCUT2D eigenvalue weighted by Crippen LogP contribution is 2.27. The van der Waals surface area contributed by atoms with Gasteiger partial charge in [-0.1, -0.05) is 28.1 Å². The van der Waals surface area contributed by atoms with Gasteiger partial charge in [0.15, 0.2) is 0 Å². The van der Waals surface area contributed by atoms with Crippen LogP contribution in [0.25, 0.3) is 10.8 Å². The summed E-state index contributed by atoms with van der Waals surface area (Å²) < 4.78 is 6.74. The van der Waals surface area contributed by atoms with Crippen LogP contribution in [0.2, 0.25) is 0 Å². The average molecular weight is 321 g/mol. The van der Waals surface area contributed by atoms with Gasteiger partial charge in [-0.3, -0.25) is 0 Å². The van der Waals surface area contributed by atoms with Crippen LogP contribution in [0.15, 0.2) is 34.9 Å². The van der Waals surface area contributed by atoms with Crippen LogP contribution >= 0.6 is 15.9 Å². The van der Waals surface area contributed by atoms with Crippen molar-refractivity contribution in [3.05, 3.63) is 34.9 Å². The minimum absolute atomic E-state index is 0.425. The molecule has 2 aromatic rings. The molecule has 2 heterocycles. The first-order chi connectivity index (χ1) is 9.34. The van der Waals surface area contributed by atoms with Crippen molar-refractivity contribution in [2.75, 3.05) is 18.5 Å². The van der Waals surface area contributed by atoms with Crippen molar-refractivity contribution in [1.29, 1.82) is 0 Å². The summed E-state index contributed by atoms with van der Waals surface area (Å²) in [6.07, 6.45) is 5.71. The number of fused-ring (bicyclic) bond motifs is 1. The molecule has 1 aliphatic heterocycles. The van der Waals surface area contributed by atoms with E-state index in [1.807, 2.05) is 18.3 Å². The molecule has 1 unspecified atom stereocenters. The second kappa shape index (κ2) is 5.88. The highest BCUT2D eigenvalue weighted by atomic mass is 79.9. The Bertz CT molecular complexity index is 567. The van der Waals surface area contributed by atoms with Crippen LogP contribution in [0.3, 0.4) is 0 Å². The Morgan fingerprint density at radius 1 is 1.32 bits per heavy atom. The molecule has 0 aliphatic carbocycles. The minimum atomic E-state index is 0.425. The standard InChI is InChI=1S/C15H17BrN2O/c16-14-5-1-4-13-12(14)7-9-18-15(13)17-8-6-11-3-2-10-19-11/h1,4-5,7,9,11H,2-3,6,8,10H2,(H,17,18). The van der Waals surface area contributed by atoms with Gasteiger partial charge in [0.25, 0.3) is 0 Å². The third kappa shape index (κ3) is 2.90. The molecule has 1 atom stereocenters. The van der Waals surface area contributed by atoms with Crippen molar-refractivity contribution in [2.45, 2.75) is 25.4 Å². The quantitative estimate of drug-likeness (QED) is 0.925. The summed E-state index contributed by atoms with van der Waals surface area (Å²) in [6.45, 7) is 1.83. The lowest BCUT2D eigenvalue weighted by Crippen LogP contribution is -2.13. The fourth-order valence-corrected chi connectivity index (χ4v) is 3.03. The van der Waals surface area contributed by atoms with E-state index in [1.165, 1.54) is 18.2 Å². The summed E-state index contributed by atoms with van der Waals surface area (Å²) in [6, 6.07) is 8.23. The summed E-state index contributed by atoms with van der Waals surface area (Å²) in [5, 5.41) is 5.78. The van der Waals surface area contributed by atoms with Crippen LogP contribution in [-0.4, -0.2) is 24.2 Å². The number of halogens is 1. The van der Waals surface area contributed by atoms with E-state index in [9.17, 15) is 0 Å². The number of ether oxygens (including phenoxy) is 1. The molecule has 19 heavy (non-hydrogen) atoms. The van der Waals surface area contributed by atoms with Crippen LogP contribution in [0.5, 0.6) is 0 Å². The maximum Gasteiger partial charge on any atom is 0.133 e. The maximum atomic E-state index is 5.63. The van der Waals surface area contributed by atoms with Crippen molar-refractivity contribution in [2.24, 2.45) is 0 Å². The van der Waals surface area contributed by atoms with Gasteiger partial charge in [0.2, 0.25) is 0 Å². The Kier molecular flexibility index (Phi) is 3.99. The fraction of sp³-hybridized carbons (Fsp3) is 0.400. The predicted molar refractivity (Wildman–Crippen MR) is 81.5 cm³/mol. The Hall–Kier alpha value is -1.13. The summed E-state index contributed by atoms with van der Waals surface area (Å²) in [5.41, 5.74) is 0. The Morgan fingerprint density at radius 2 is 2.26 bits per heavy atom. The molecule has 1 aliphatic rings. The lowest BCUT2D eigenvalue weighted by atomic mass is 10.1. The van der Waals surface area contributed by atoms with Crippen LogP contribution < -0.4 is 5.32 Å². The van der Waals surface area contributed by atoms with Crippen molar-refractivity contribution >= 4 is 32.5 Å². The first-order valence-corrected chi connectivity index (χ1v) is 7.52. The third-order valence-electron chi connectivity index (χ3n) is 3.54. The largest absolute Gasteiger partial charge is 0.378 e. The number of aromatic nitrogens is 1. The van der Waals surface area contributed by atoms with Gasteiger partial charge in [-0.2, -0.15) is 0 Å². The number of anilines is 1. The van der Waals surface area contributed by atoms with E-state index in [0.717, 1.165) is 35.2 Å². The molecule has 1 aromatic heterocycles. The molecule has 100 valence electrons. The number of pyridine rings is 1. The predicted octanol–water partition coefficient (Wildman–Crippen LogP) is 3.98. The van der Waals surface area contributed by atoms with Gasteiger partial charge in [0, 0.05) is 34.6 Å². The monoisotopic (exact) mass is 320 g/mol. The number of rotatable bonds is 4. The summed E-state index contributed by atoms with van der Waals surface area (Å²) in [4.78, 5) is 4.44. The maximum absolute atomic E-state index is 5.63. The number of hydrogen-bond donors (Lipinski definition) is 1. The normalized spacial score (nSPS) is 18.9. The van der Waals surface area contributed by atoms with Gasteiger partial charge in [0.1, 0.15) is 5.82 Å². The summed E-state index contributed by atoms with van der Waals surface area (Å²) >= 11 is 3.58. The number of hydrogen-bond acceptors (Lipinski definition) is 3. The molecule has 0 spiro atoms. The van der Waals surface area contributed by atoms with Crippen molar-refractivity contribution < 1.29 is 4.74 Å². The topological polar surface area (TPSA) is 34.1 Å². The Morgan fingerprint density at radius 3 is 3.11 bits per heavy atom. The molecule has 0 saturated carbocycles. The number of nitrogens with one attached hydrogen (secondary N) is 1. The SMILES string of the molecule is Brc1cccc2c(NCCC3CCCO3)nccc12. The first kappa shape index (κ1) is 12.9. The second-order valence-electron chi connectivity index (χ2n) is 4.84. The zero-order valence-electron chi connectivity index (χ0n) is 10.7. The molecular formula is C15H17BrN2O. The third-order valence-corrected chi connectivity index (χ3v) is 4.23. The van der Waals surface area contributed by atoms with E-state index in [1.54, 1.807) is 0 Å². The lowest BCUT2D eigenvalue weighted by Gasteiger charge is -2.12. The molecule has 3 rings (SSSR count). The van der Waals surface area contributed by atoms with Gasteiger partial charge in [-0.25, -0.2) is 4.98 Å². The molecule has 1 fully saturated rings. The van der Waals surface area contributed by atoms with Crippen molar-refractivity contribution in [1.82, 2.24) is 4.98 Å². The molecule has 0 bridgehead atoms. The molecule has 1 saturated heterocycles. The smallest absolute Gasteiger partial charge is 0.133 e. The molecule has 1 N–H and O–H groups in total. The molecule has 1 aromatic carbocycles. The zero-order valence-corrected chi connectivity index (χ0v) is 12.3. The zero-order chi connectivity index (χ0) is 13.1. The Balaban J connectivity index is 1.72. The van der Waals surface area contributed by atoms with E-state index in [2.05, 4.69) is 38.4 Å². The lowest BCUT2D eigenvalue weighted by molar-refractivity contribution is 0.107. The molecule has 0 amide bonds. The van der Waals surface area contributed by atoms with Crippen LogP contribution in [0, 0.1) is 0 Å². The molecular weight excluding hydrogens is 304 g/mol. The van der Waals surface area contributed by atoms with Gasteiger partial charge in [0.05, 0.1) is 6.10 Å². The number of nitrogens with zero attached hydrogens (tertiary/aromatic N) is 1. The Labute approximate surface area is 121 Å². The highest BCUT2D eigenvalue weighted by molar-refractivity contribution is 9.10. The van der Waals surface area contributed by atoms with E-state index in [-0.39, 0.29) is 0 Å². The highest BCUT2D eigenvalue weighted by Gasteiger charge is 2.14. The second-order valence-corrected chi connectivity index (χ2v) is 5.70. The van der Waals surface area contributed by atoms with Gasteiger partial charge < -0.3 is 10.1 Å². The minimum Gasteiger partial charge on any atom is -0.378 e. The summed E-state index contributed by atoms with van der Waals surface area (Å²) in [5.74, 6) is 0.955. The van der Waals surface area contributed by atoms with Crippen LogP contribution in [0.1, 0.15) is 19.3 Å². The number of benzene rings is 1. The van der Waals surface area contributed by atoms with Gasteiger partial charge in [-0.05, 0) is 31.4 Å². The van der Waals surface area contributed by atoms with Crippen LogP contribution in [-0.2, 0) is 4.74 Å². The van der Waals surface area contributed by atoms with Crippen molar-refractivity contribution in [3.63, 3.8) is 0 Å². The molecule has 3 nitrogen and oxygen atoms in total. The average Bonchev–Trinajstić information content (AvgIpc) is 2.93. The van der Waals surface area contributed by atoms with E-state index >= 15 is 0 Å². The van der Waals surface area contributed by atoms with Crippen molar-refractivity contribution in [3.8, 4) is 0 Å². The molecule has 0 radical (unpaired) electrons. The van der Waals surface area contributed by atoms with Crippen LogP contribution in [0.4, 0.5) is 5.82 Å². The first-order valence-electron chi connectivity index (χ1n) is 6.73.